The van der Waals surface area contributed by atoms with Gasteiger partial charge in [0.25, 0.3) is 0 Å². The van der Waals surface area contributed by atoms with Gasteiger partial charge in [0.1, 0.15) is 0 Å². The molecule has 0 unspecified atom stereocenters. The van der Waals surface area contributed by atoms with Gasteiger partial charge in [-0.2, -0.15) is 4.98 Å². The standard InChI is InChI=1S/C15H20N4O2/c1-20-9-7-14-17-15(21-18-14)10-19-8-3-4-11-12(16)5-2-6-13(11)19/h2,5-6H,3-4,7-10,16H2,1H3. The lowest BCUT2D eigenvalue weighted by atomic mass is 10.00. The van der Waals surface area contributed by atoms with E-state index in [1.165, 1.54) is 11.3 Å². The van der Waals surface area contributed by atoms with E-state index in [4.69, 9.17) is 15.0 Å². The quantitative estimate of drug-likeness (QED) is 0.845. The first-order chi connectivity index (χ1) is 10.3. The second-order valence-electron chi connectivity index (χ2n) is 5.22. The highest BCUT2D eigenvalue weighted by Crippen LogP contribution is 2.31. The van der Waals surface area contributed by atoms with Crippen LogP contribution in [0.4, 0.5) is 11.4 Å². The summed E-state index contributed by atoms with van der Waals surface area (Å²) in [6.07, 6.45) is 2.79. The summed E-state index contributed by atoms with van der Waals surface area (Å²) in [7, 11) is 1.66. The number of methoxy groups -OCH3 is 1. The minimum atomic E-state index is 0.599. The zero-order valence-electron chi connectivity index (χ0n) is 12.2. The van der Waals surface area contributed by atoms with E-state index in [0.29, 0.717) is 31.3 Å². The van der Waals surface area contributed by atoms with Crippen molar-refractivity contribution in [3.8, 4) is 0 Å². The SMILES string of the molecule is COCCc1noc(CN2CCCc3c(N)cccc32)n1. The van der Waals surface area contributed by atoms with Crippen molar-refractivity contribution in [3.05, 3.63) is 35.5 Å². The summed E-state index contributed by atoms with van der Waals surface area (Å²) >= 11 is 0. The van der Waals surface area contributed by atoms with Crippen LogP contribution in [-0.2, 0) is 24.1 Å². The highest BCUT2D eigenvalue weighted by Gasteiger charge is 2.20. The van der Waals surface area contributed by atoms with Crippen LogP contribution in [0.1, 0.15) is 23.7 Å². The molecule has 6 heteroatoms. The lowest BCUT2D eigenvalue weighted by molar-refractivity contribution is 0.199. The first kappa shape index (κ1) is 13.9. The van der Waals surface area contributed by atoms with E-state index >= 15 is 0 Å². The number of ether oxygens (including phenoxy) is 1. The molecule has 0 radical (unpaired) electrons. The topological polar surface area (TPSA) is 77.4 Å². The van der Waals surface area contributed by atoms with Gasteiger partial charge in [0.2, 0.25) is 5.89 Å². The molecule has 1 aromatic carbocycles. The third-order valence-electron chi connectivity index (χ3n) is 3.75. The first-order valence-electron chi connectivity index (χ1n) is 7.20. The van der Waals surface area contributed by atoms with E-state index in [-0.39, 0.29) is 0 Å². The molecule has 0 bridgehead atoms. The van der Waals surface area contributed by atoms with Crippen molar-refractivity contribution >= 4 is 11.4 Å². The van der Waals surface area contributed by atoms with Gasteiger partial charge in [-0.1, -0.05) is 11.2 Å². The number of benzene rings is 1. The molecule has 21 heavy (non-hydrogen) atoms. The van der Waals surface area contributed by atoms with Gasteiger partial charge in [0.05, 0.1) is 13.2 Å². The molecule has 0 saturated heterocycles. The Morgan fingerprint density at radius 3 is 3.19 bits per heavy atom. The summed E-state index contributed by atoms with van der Waals surface area (Å²) in [4.78, 5) is 6.66. The van der Waals surface area contributed by atoms with Crippen LogP contribution in [0.25, 0.3) is 0 Å². The summed E-state index contributed by atoms with van der Waals surface area (Å²) in [6.45, 7) is 2.20. The fourth-order valence-corrected chi connectivity index (χ4v) is 2.70. The number of fused-ring (bicyclic) bond motifs is 1. The van der Waals surface area contributed by atoms with Gasteiger partial charge in [0, 0.05) is 31.5 Å². The van der Waals surface area contributed by atoms with Crippen LogP contribution in [-0.4, -0.2) is 30.4 Å². The molecule has 112 valence electrons. The Kier molecular flexibility index (Phi) is 4.06. The van der Waals surface area contributed by atoms with Gasteiger partial charge < -0.3 is 19.9 Å². The molecule has 0 amide bonds. The van der Waals surface area contributed by atoms with Gasteiger partial charge >= 0.3 is 0 Å². The van der Waals surface area contributed by atoms with Gasteiger partial charge in [0.15, 0.2) is 5.82 Å². The fourth-order valence-electron chi connectivity index (χ4n) is 2.70. The van der Waals surface area contributed by atoms with Crippen LogP contribution in [0, 0.1) is 0 Å². The molecule has 0 saturated carbocycles. The third-order valence-corrected chi connectivity index (χ3v) is 3.75. The summed E-state index contributed by atoms with van der Waals surface area (Å²) in [5, 5.41) is 3.98. The fraction of sp³-hybridized carbons (Fsp3) is 0.467. The summed E-state index contributed by atoms with van der Waals surface area (Å²) in [5.41, 5.74) is 9.33. The first-order valence-corrected chi connectivity index (χ1v) is 7.20. The molecule has 0 spiro atoms. The Hall–Kier alpha value is -2.08. The second-order valence-corrected chi connectivity index (χ2v) is 5.22. The highest BCUT2D eigenvalue weighted by molar-refractivity contribution is 5.66. The summed E-state index contributed by atoms with van der Waals surface area (Å²) < 4.78 is 10.3. The molecule has 6 nitrogen and oxygen atoms in total. The van der Waals surface area contributed by atoms with Crippen LogP contribution in [0.5, 0.6) is 0 Å². The summed E-state index contributed by atoms with van der Waals surface area (Å²) in [5.74, 6) is 1.33. The molecule has 0 fully saturated rings. The number of nitrogens with two attached hydrogens (primary N) is 1. The maximum atomic E-state index is 6.06. The average Bonchev–Trinajstić information content (AvgIpc) is 2.94. The largest absolute Gasteiger partial charge is 0.398 e. The lowest BCUT2D eigenvalue weighted by Gasteiger charge is -2.30. The van der Waals surface area contributed by atoms with Crippen molar-refractivity contribution < 1.29 is 9.26 Å². The van der Waals surface area contributed by atoms with Crippen molar-refractivity contribution in [1.82, 2.24) is 10.1 Å². The monoisotopic (exact) mass is 288 g/mol. The zero-order chi connectivity index (χ0) is 14.7. The number of rotatable bonds is 5. The van der Waals surface area contributed by atoms with E-state index in [1.54, 1.807) is 7.11 Å². The number of hydrogen-bond donors (Lipinski definition) is 1. The minimum absolute atomic E-state index is 0.599. The number of nitrogen functional groups attached to an aromatic ring is 1. The van der Waals surface area contributed by atoms with Gasteiger partial charge in [-0.15, -0.1) is 0 Å². The Morgan fingerprint density at radius 2 is 2.33 bits per heavy atom. The predicted molar refractivity (Wildman–Crippen MR) is 80.1 cm³/mol. The van der Waals surface area contributed by atoms with E-state index < -0.39 is 0 Å². The molecule has 2 N–H and O–H groups in total. The highest BCUT2D eigenvalue weighted by atomic mass is 16.5. The van der Waals surface area contributed by atoms with Crippen molar-refractivity contribution in [1.29, 1.82) is 0 Å². The van der Waals surface area contributed by atoms with E-state index in [9.17, 15) is 0 Å². The summed E-state index contributed by atoms with van der Waals surface area (Å²) in [6, 6.07) is 6.05. The van der Waals surface area contributed by atoms with Crippen molar-refractivity contribution in [2.75, 3.05) is 30.9 Å². The van der Waals surface area contributed by atoms with E-state index in [0.717, 1.165) is 25.1 Å². The average molecular weight is 288 g/mol. The number of anilines is 2. The van der Waals surface area contributed by atoms with Crippen molar-refractivity contribution in [2.45, 2.75) is 25.8 Å². The Bertz CT molecular complexity index is 611. The number of hydrogen-bond acceptors (Lipinski definition) is 6. The maximum Gasteiger partial charge on any atom is 0.246 e. The molecule has 2 heterocycles. The lowest BCUT2D eigenvalue weighted by Crippen LogP contribution is -2.29. The van der Waals surface area contributed by atoms with Gasteiger partial charge in [-0.3, -0.25) is 0 Å². The van der Waals surface area contributed by atoms with Gasteiger partial charge in [-0.25, -0.2) is 0 Å². The smallest absolute Gasteiger partial charge is 0.246 e. The molecule has 2 aromatic rings. The third kappa shape index (κ3) is 3.00. The number of aromatic nitrogens is 2. The van der Waals surface area contributed by atoms with Crippen molar-refractivity contribution in [2.24, 2.45) is 0 Å². The Labute approximate surface area is 123 Å². The predicted octanol–water partition coefficient (Wildman–Crippen LogP) is 1.79. The molecular formula is C15H20N4O2. The molecule has 1 aliphatic rings. The van der Waals surface area contributed by atoms with Crippen LogP contribution >= 0.6 is 0 Å². The van der Waals surface area contributed by atoms with E-state index in [2.05, 4.69) is 21.1 Å². The molecule has 1 aromatic heterocycles. The minimum Gasteiger partial charge on any atom is -0.398 e. The zero-order valence-corrected chi connectivity index (χ0v) is 12.2. The van der Waals surface area contributed by atoms with Crippen LogP contribution < -0.4 is 10.6 Å². The van der Waals surface area contributed by atoms with Crippen LogP contribution in [0.15, 0.2) is 22.7 Å². The van der Waals surface area contributed by atoms with Gasteiger partial charge in [-0.05, 0) is 30.5 Å². The van der Waals surface area contributed by atoms with Crippen LogP contribution in [0.3, 0.4) is 0 Å². The second kappa shape index (κ2) is 6.13. The molecule has 0 atom stereocenters. The van der Waals surface area contributed by atoms with Crippen LogP contribution in [0.2, 0.25) is 0 Å². The Morgan fingerprint density at radius 1 is 1.43 bits per heavy atom. The molecule has 1 aliphatic heterocycles. The normalized spacial score (nSPS) is 14.2. The molecule has 0 aliphatic carbocycles. The molecule has 3 rings (SSSR count). The van der Waals surface area contributed by atoms with E-state index in [1.807, 2.05) is 12.1 Å². The molecular weight excluding hydrogens is 268 g/mol. The Balaban J connectivity index is 1.74. The maximum absolute atomic E-state index is 6.06. The van der Waals surface area contributed by atoms with Crippen molar-refractivity contribution in [3.63, 3.8) is 0 Å². The number of nitrogens with zero attached hydrogens (tertiary/aromatic N) is 3.